The first-order valence-electron chi connectivity index (χ1n) is 4.49. The van der Waals surface area contributed by atoms with Gasteiger partial charge in [-0.25, -0.2) is 0 Å². The molecule has 1 rings (SSSR count). The van der Waals surface area contributed by atoms with E-state index in [0.717, 1.165) is 17.3 Å². The van der Waals surface area contributed by atoms with Crippen LogP contribution in [-0.4, -0.2) is 11.2 Å². The average molecular weight is 263 g/mol. The molecular weight excluding hydrogens is 248 g/mol. The summed E-state index contributed by atoms with van der Waals surface area (Å²) in [6.07, 6.45) is 1.77. The van der Waals surface area contributed by atoms with Crippen LogP contribution in [0.5, 0.6) is 0 Å². The van der Waals surface area contributed by atoms with Gasteiger partial charge in [0, 0.05) is 14.7 Å². The van der Waals surface area contributed by atoms with Crippen LogP contribution in [0, 0.1) is 5.92 Å². The molecule has 0 spiro atoms. The van der Waals surface area contributed by atoms with Gasteiger partial charge in [-0.05, 0) is 47.7 Å². The zero-order valence-corrected chi connectivity index (χ0v) is 10.4. The molecule has 0 bridgehead atoms. The summed E-state index contributed by atoms with van der Waals surface area (Å²) in [5.74, 6) is 0.561. The molecule has 1 aromatic rings. The number of halogens is 1. The van der Waals surface area contributed by atoms with Crippen LogP contribution in [0.25, 0.3) is 0 Å². The maximum atomic E-state index is 9.20. The van der Waals surface area contributed by atoms with Gasteiger partial charge in [-0.1, -0.05) is 6.92 Å². The Morgan fingerprint density at radius 3 is 2.69 bits per heavy atom. The highest BCUT2D eigenvalue weighted by Crippen LogP contribution is 2.23. The van der Waals surface area contributed by atoms with Crippen LogP contribution in [0.15, 0.2) is 15.9 Å². The highest BCUT2D eigenvalue weighted by molar-refractivity contribution is 9.10. The zero-order valence-electron chi connectivity index (χ0n) is 7.96. The molecule has 0 fully saturated rings. The molecule has 3 heteroatoms. The van der Waals surface area contributed by atoms with Crippen LogP contribution in [0.1, 0.15) is 25.1 Å². The zero-order chi connectivity index (χ0) is 9.84. The molecule has 0 saturated carbocycles. The third-order valence-electron chi connectivity index (χ3n) is 1.91. The lowest BCUT2D eigenvalue weighted by Gasteiger charge is -2.11. The molecule has 2 unspecified atom stereocenters. The van der Waals surface area contributed by atoms with Crippen molar-refractivity contribution >= 4 is 27.3 Å². The van der Waals surface area contributed by atoms with E-state index in [1.165, 1.54) is 4.88 Å². The molecule has 1 nitrogen and oxygen atoms in total. The number of rotatable bonds is 4. The second kappa shape index (κ2) is 5.13. The van der Waals surface area contributed by atoms with Crippen molar-refractivity contribution in [1.82, 2.24) is 0 Å². The van der Waals surface area contributed by atoms with Crippen molar-refractivity contribution in [3.63, 3.8) is 0 Å². The number of hydrogen-bond acceptors (Lipinski definition) is 2. The lowest BCUT2D eigenvalue weighted by Crippen LogP contribution is -2.08. The molecule has 1 aromatic heterocycles. The normalized spacial score (nSPS) is 15.7. The van der Waals surface area contributed by atoms with E-state index in [0.29, 0.717) is 5.92 Å². The topological polar surface area (TPSA) is 20.2 Å². The maximum Gasteiger partial charge on any atom is 0.0514 e. The summed E-state index contributed by atoms with van der Waals surface area (Å²) in [4.78, 5) is 1.39. The van der Waals surface area contributed by atoms with Crippen LogP contribution in [0.4, 0.5) is 0 Å². The van der Waals surface area contributed by atoms with E-state index < -0.39 is 0 Å². The van der Waals surface area contributed by atoms with Crippen molar-refractivity contribution in [1.29, 1.82) is 0 Å². The van der Waals surface area contributed by atoms with E-state index in [-0.39, 0.29) is 6.10 Å². The average Bonchev–Trinajstić information content (AvgIpc) is 2.33. The quantitative estimate of drug-likeness (QED) is 0.882. The first-order valence-corrected chi connectivity index (χ1v) is 6.16. The van der Waals surface area contributed by atoms with Crippen molar-refractivity contribution in [2.75, 3.05) is 0 Å². The predicted octanol–water partition coefficient (Wildman–Crippen LogP) is 3.46. The van der Waals surface area contributed by atoms with Gasteiger partial charge in [-0.2, -0.15) is 0 Å². The maximum absolute atomic E-state index is 9.20. The Balaban J connectivity index is 2.40. The van der Waals surface area contributed by atoms with Crippen molar-refractivity contribution < 1.29 is 5.11 Å². The number of thiophene rings is 1. The van der Waals surface area contributed by atoms with Crippen LogP contribution in [0.2, 0.25) is 0 Å². The summed E-state index contributed by atoms with van der Waals surface area (Å²) < 4.78 is 1.16. The summed E-state index contributed by atoms with van der Waals surface area (Å²) >= 11 is 5.21. The molecule has 0 aliphatic carbocycles. The summed E-state index contributed by atoms with van der Waals surface area (Å²) in [5, 5.41) is 11.3. The van der Waals surface area contributed by atoms with Gasteiger partial charge in [0.2, 0.25) is 0 Å². The van der Waals surface area contributed by atoms with Crippen LogP contribution < -0.4 is 0 Å². The molecule has 0 saturated heterocycles. The Morgan fingerprint density at radius 1 is 1.54 bits per heavy atom. The second-order valence-corrected chi connectivity index (χ2v) is 5.54. The summed E-state index contributed by atoms with van der Waals surface area (Å²) in [5.41, 5.74) is 0. The van der Waals surface area contributed by atoms with Gasteiger partial charge in [-0.3, -0.25) is 0 Å². The van der Waals surface area contributed by atoms with Crippen molar-refractivity contribution in [3.05, 3.63) is 20.8 Å². The van der Waals surface area contributed by atoms with E-state index in [2.05, 4.69) is 34.3 Å². The Morgan fingerprint density at radius 2 is 2.23 bits per heavy atom. The monoisotopic (exact) mass is 262 g/mol. The summed E-state index contributed by atoms with van der Waals surface area (Å²) in [7, 11) is 0. The molecular formula is C10H15BrOS. The Hall–Kier alpha value is 0.140. The van der Waals surface area contributed by atoms with Gasteiger partial charge < -0.3 is 5.11 Å². The van der Waals surface area contributed by atoms with Gasteiger partial charge in [0.05, 0.1) is 6.10 Å². The third kappa shape index (κ3) is 4.25. The molecule has 0 aliphatic rings. The Bertz CT molecular complexity index is 257. The van der Waals surface area contributed by atoms with E-state index in [9.17, 15) is 5.11 Å². The Kier molecular flexibility index (Phi) is 4.42. The molecule has 0 aliphatic heterocycles. The first-order chi connectivity index (χ1) is 6.08. The molecule has 0 amide bonds. The minimum Gasteiger partial charge on any atom is -0.393 e. The number of aliphatic hydroxyl groups excluding tert-OH is 1. The molecule has 0 radical (unpaired) electrons. The lowest BCUT2D eigenvalue weighted by molar-refractivity contribution is 0.164. The predicted molar refractivity (Wildman–Crippen MR) is 61.2 cm³/mol. The smallest absolute Gasteiger partial charge is 0.0514 e. The Labute approximate surface area is 91.9 Å². The molecule has 74 valence electrons. The van der Waals surface area contributed by atoms with Gasteiger partial charge in [-0.15, -0.1) is 11.3 Å². The van der Waals surface area contributed by atoms with Gasteiger partial charge in [0.1, 0.15) is 0 Å². The number of aliphatic hydroxyl groups is 1. The fourth-order valence-corrected chi connectivity index (χ4v) is 3.09. The fourth-order valence-electron chi connectivity index (χ4n) is 1.47. The van der Waals surface area contributed by atoms with Crippen LogP contribution in [-0.2, 0) is 6.42 Å². The van der Waals surface area contributed by atoms with Crippen molar-refractivity contribution in [2.45, 2.75) is 32.8 Å². The van der Waals surface area contributed by atoms with E-state index in [1.807, 2.05) is 6.92 Å². The second-order valence-electron chi connectivity index (χ2n) is 3.63. The van der Waals surface area contributed by atoms with E-state index in [1.54, 1.807) is 11.3 Å². The molecule has 1 heterocycles. The van der Waals surface area contributed by atoms with Crippen LogP contribution >= 0.6 is 27.3 Å². The standard InChI is InChI=1S/C10H15BrOS/c1-7(3-8(2)12)4-10-5-9(11)6-13-10/h5-8,12H,3-4H2,1-2H3. The molecule has 2 atom stereocenters. The van der Waals surface area contributed by atoms with E-state index in [4.69, 9.17) is 0 Å². The SMILES string of the molecule is CC(O)CC(C)Cc1cc(Br)cs1. The lowest BCUT2D eigenvalue weighted by atomic mass is 10.0. The minimum absolute atomic E-state index is 0.182. The number of hydrogen-bond donors (Lipinski definition) is 1. The highest BCUT2D eigenvalue weighted by Gasteiger charge is 2.08. The van der Waals surface area contributed by atoms with Gasteiger partial charge >= 0.3 is 0 Å². The minimum atomic E-state index is -0.182. The van der Waals surface area contributed by atoms with Crippen LogP contribution in [0.3, 0.4) is 0 Å². The van der Waals surface area contributed by atoms with Gasteiger partial charge in [0.25, 0.3) is 0 Å². The largest absolute Gasteiger partial charge is 0.393 e. The van der Waals surface area contributed by atoms with Gasteiger partial charge in [0.15, 0.2) is 0 Å². The molecule has 13 heavy (non-hydrogen) atoms. The third-order valence-corrected chi connectivity index (χ3v) is 3.63. The van der Waals surface area contributed by atoms with Crippen molar-refractivity contribution in [3.8, 4) is 0 Å². The van der Waals surface area contributed by atoms with E-state index >= 15 is 0 Å². The summed E-state index contributed by atoms with van der Waals surface area (Å²) in [6.45, 7) is 4.03. The summed E-state index contributed by atoms with van der Waals surface area (Å²) in [6, 6.07) is 2.16. The molecule has 1 N–H and O–H groups in total. The fraction of sp³-hybridized carbons (Fsp3) is 0.600. The van der Waals surface area contributed by atoms with Crippen molar-refractivity contribution in [2.24, 2.45) is 5.92 Å². The molecule has 0 aromatic carbocycles. The first kappa shape index (κ1) is 11.2. The highest BCUT2D eigenvalue weighted by atomic mass is 79.9.